The lowest BCUT2D eigenvalue weighted by Gasteiger charge is -2.22. The molecule has 0 aromatic rings. The third-order valence-corrected chi connectivity index (χ3v) is 4.64. The van der Waals surface area contributed by atoms with E-state index in [0.717, 1.165) is 37.4 Å². The third kappa shape index (κ3) is 4.90. The quantitative estimate of drug-likeness (QED) is 0.221. The highest BCUT2D eigenvalue weighted by atomic mass is 32.2. The molecule has 1 aliphatic rings. The SMILES string of the molecule is CCCCCC[C@]1(C(=O)OCC)C[C@@H](CSC(=N)N)OC1=O. The van der Waals surface area contributed by atoms with Crippen molar-refractivity contribution in [2.45, 2.75) is 58.5 Å². The van der Waals surface area contributed by atoms with Gasteiger partial charge in [0.05, 0.1) is 6.61 Å². The largest absolute Gasteiger partial charge is 0.465 e. The number of carbonyl (C=O) groups is 2. The normalized spacial score (nSPS) is 24.1. The zero-order chi connectivity index (χ0) is 16.6. The number of nitrogens with one attached hydrogen (secondary N) is 1. The van der Waals surface area contributed by atoms with Crippen LogP contribution in [0.2, 0.25) is 0 Å². The summed E-state index contributed by atoms with van der Waals surface area (Å²) in [7, 11) is 0. The smallest absolute Gasteiger partial charge is 0.323 e. The second kappa shape index (κ2) is 9.02. The van der Waals surface area contributed by atoms with E-state index in [1.807, 2.05) is 0 Å². The van der Waals surface area contributed by atoms with Crippen LogP contribution in [0.3, 0.4) is 0 Å². The van der Waals surface area contributed by atoms with Gasteiger partial charge in [-0.1, -0.05) is 44.4 Å². The van der Waals surface area contributed by atoms with Crippen molar-refractivity contribution in [2.75, 3.05) is 12.4 Å². The maximum Gasteiger partial charge on any atom is 0.323 e. The van der Waals surface area contributed by atoms with Gasteiger partial charge in [-0.05, 0) is 13.3 Å². The van der Waals surface area contributed by atoms with Gasteiger partial charge in [0.25, 0.3) is 0 Å². The molecule has 0 aromatic heterocycles. The first-order chi connectivity index (χ1) is 10.5. The highest BCUT2D eigenvalue weighted by Crippen LogP contribution is 2.41. The number of rotatable bonds is 9. The van der Waals surface area contributed by atoms with Crippen LogP contribution >= 0.6 is 11.8 Å². The lowest BCUT2D eigenvalue weighted by molar-refractivity contribution is -0.165. The molecule has 22 heavy (non-hydrogen) atoms. The first kappa shape index (κ1) is 18.8. The van der Waals surface area contributed by atoms with Crippen LogP contribution in [-0.4, -0.2) is 35.6 Å². The Hall–Kier alpha value is -1.24. The minimum atomic E-state index is -1.17. The predicted octanol–water partition coefficient (Wildman–Crippen LogP) is 2.45. The average Bonchev–Trinajstić information content (AvgIpc) is 2.79. The molecule has 0 unspecified atom stereocenters. The molecule has 1 fully saturated rings. The monoisotopic (exact) mass is 330 g/mol. The zero-order valence-electron chi connectivity index (χ0n) is 13.4. The molecule has 6 nitrogen and oxygen atoms in total. The van der Waals surface area contributed by atoms with E-state index >= 15 is 0 Å². The van der Waals surface area contributed by atoms with Crippen molar-refractivity contribution in [1.82, 2.24) is 0 Å². The van der Waals surface area contributed by atoms with E-state index in [0.29, 0.717) is 18.6 Å². The van der Waals surface area contributed by atoms with Gasteiger partial charge in [-0.15, -0.1) is 0 Å². The Morgan fingerprint density at radius 1 is 1.45 bits per heavy atom. The van der Waals surface area contributed by atoms with E-state index in [-0.39, 0.29) is 11.8 Å². The number of esters is 2. The highest BCUT2D eigenvalue weighted by Gasteiger charge is 2.55. The van der Waals surface area contributed by atoms with E-state index in [2.05, 4.69) is 6.92 Å². The van der Waals surface area contributed by atoms with Crippen LogP contribution in [-0.2, 0) is 19.1 Å². The van der Waals surface area contributed by atoms with Crippen LogP contribution in [0, 0.1) is 10.8 Å². The molecule has 0 radical (unpaired) electrons. The molecular weight excluding hydrogens is 304 g/mol. The summed E-state index contributed by atoms with van der Waals surface area (Å²) in [4.78, 5) is 24.6. The summed E-state index contributed by atoms with van der Waals surface area (Å²) < 4.78 is 10.5. The molecular formula is C15H26N2O4S. The van der Waals surface area contributed by atoms with Crippen molar-refractivity contribution in [3.8, 4) is 0 Å². The van der Waals surface area contributed by atoms with Gasteiger partial charge < -0.3 is 15.2 Å². The molecule has 0 aromatic carbocycles. The molecule has 0 bridgehead atoms. The van der Waals surface area contributed by atoms with Crippen LogP contribution in [0.1, 0.15) is 52.4 Å². The third-order valence-electron chi connectivity index (χ3n) is 3.79. The number of hydrogen-bond donors (Lipinski definition) is 2. The van der Waals surface area contributed by atoms with Crippen LogP contribution in [0.15, 0.2) is 0 Å². The summed E-state index contributed by atoms with van der Waals surface area (Å²) in [6.07, 6.45) is 4.35. The standard InChI is InChI=1S/C15H26N2O4S/c1-3-5-6-7-8-15(12(18)20-4-2)9-11(21-13(15)19)10-22-14(16)17/h11H,3-10H2,1-2H3,(H3,16,17)/t11-,15+/m0/s1. The Morgan fingerprint density at radius 2 is 2.18 bits per heavy atom. The number of nitrogens with two attached hydrogens (primary N) is 1. The maximum atomic E-state index is 12.3. The average molecular weight is 330 g/mol. The molecule has 1 heterocycles. The van der Waals surface area contributed by atoms with Gasteiger partial charge in [0.1, 0.15) is 6.10 Å². The van der Waals surface area contributed by atoms with Gasteiger partial charge in [0.15, 0.2) is 10.6 Å². The summed E-state index contributed by atoms with van der Waals surface area (Å²) >= 11 is 1.12. The van der Waals surface area contributed by atoms with Gasteiger partial charge in [-0.25, -0.2) is 0 Å². The number of unbranched alkanes of at least 4 members (excludes halogenated alkanes) is 3. The van der Waals surface area contributed by atoms with Gasteiger partial charge in [-0.2, -0.15) is 0 Å². The van der Waals surface area contributed by atoms with Crippen LogP contribution in [0.5, 0.6) is 0 Å². The van der Waals surface area contributed by atoms with E-state index in [1.54, 1.807) is 6.92 Å². The Labute approximate surface area is 136 Å². The lowest BCUT2D eigenvalue weighted by Crippen LogP contribution is -2.37. The first-order valence-electron chi connectivity index (χ1n) is 7.81. The molecule has 126 valence electrons. The Morgan fingerprint density at radius 3 is 2.77 bits per heavy atom. The second-order valence-corrected chi connectivity index (χ2v) is 6.58. The topological polar surface area (TPSA) is 102 Å². The summed E-state index contributed by atoms with van der Waals surface area (Å²) in [6, 6.07) is 0. The van der Waals surface area contributed by atoms with Gasteiger partial charge in [0, 0.05) is 12.2 Å². The van der Waals surface area contributed by atoms with E-state index in [4.69, 9.17) is 20.6 Å². The fraction of sp³-hybridized carbons (Fsp3) is 0.800. The number of cyclic esters (lactones) is 1. The molecule has 7 heteroatoms. The summed E-state index contributed by atoms with van der Waals surface area (Å²) in [5.74, 6) is -0.569. The summed E-state index contributed by atoms with van der Waals surface area (Å²) in [5.41, 5.74) is 4.13. The Bertz CT molecular complexity index is 416. The van der Waals surface area contributed by atoms with Crippen LogP contribution in [0.4, 0.5) is 0 Å². The second-order valence-electron chi connectivity index (χ2n) is 5.52. The number of carbonyl (C=O) groups excluding carboxylic acids is 2. The van der Waals surface area contributed by atoms with Crippen LogP contribution in [0.25, 0.3) is 0 Å². The van der Waals surface area contributed by atoms with Crippen molar-refractivity contribution in [3.05, 3.63) is 0 Å². The van der Waals surface area contributed by atoms with Crippen molar-refractivity contribution >= 4 is 28.9 Å². The molecule has 1 aliphatic heterocycles. The molecule has 0 spiro atoms. The van der Waals surface area contributed by atoms with Crippen molar-refractivity contribution < 1.29 is 19.1 Å². The summed E-state index contributed by atoms with van der Waals surface area (Å²) in [5, 5.41) is 7.20. The molecule has 0 saturated carbocycles. The van der Waals surface area contributed by atoms with E-state index in [9.17, 15) is 9.59 Å². The molecule has 0 amide bonds. The predicted molar refractivity (Wildman–Crippen MR) is 86.7 cm³/mol. The van der Waals surface area contributed by atoms with Crippen molar-refractivity contribution in [3.63, 3.8) is 0 Å². The van der Waals surface area contributed by atoms with Crippen molar-refractivity contribution in [2.24, 2.45) is 11.1 Å². The first-order valence-corrected chi connectivity index (χ1v) is 8.80. The Balaban J connectivity index is 2.74. The maximum absolute atomic E-state index is 12.3. The van der Waals surface area contributed by atoms with E-state index in [1.165, 1.54) is 0 Å². The lowest BCUT2D eigenvalue weighted by atomic mass is 9.80. The fourth-order valence-electron chi connectivity index (χ4n) is 2.65. The summed E-state index contributed by atoms with van der Waals surface area (Å²) in [6.45, 7) is 4.09. The minimum absolute atomic E-state index is 0.0207. The molecule has 1 rings (SSSR count). The molecule has 1 saturated heterocycles. The number of amidine groups is 1. The minimum Gasteiger partial charge on any atom is -0.465 e. The number of thioether (sulfide) groups is 1. The van der Waals surface area contributed by atoms with Crippen LogP contribution < -0.4 is 5.73 Å². The van der Waals surface area contributed by atoms with Gasteiger partial charge in [0.2, 0.25) is 0 Å². The molecule has 0 aliphatic carbocycles. The van der Waals surface area contributed by atoms with Gasteiger partial charge in [-0.3, -0.25) is 15.0 Å². The van der Waals surface area contributed by atoms with Crippen molar-refractivity contribution in [1.29, 1.82) is 5.41 Å². The fourth-order valence-corrected chi connectivity index (χ4v) is 3.20. The van der Waals surface area contributed by atoms with E-state index < -0.39 is 23.5 Å². The highest BCUT2D eigenvalue weighted by molar-refractivity contribution is 8.13. The zero-order valence-corrected chi connectivity index (χ0v) is 14.2. The molecule has 2 atom stereocenters. The number of hydrogen-bond acceptors (Lipinski definition) is 6. The number of ether oxygens (including phenoxy) is 2. The van der Waals surface area contributed by atoms with Gasteiger partial charge >= 0.3 is 11.9 Å². The molecule has 3 N–H and O–H groups in total. The Kier molecular flexibility index (Phi) is 7.72.